The van der Waals surface area contributed by atoms with E-state index in [-0.39, 0.29) is 46.8 Å². The zero-order chi connectivity index (χ0) is 50.1. The van der Waals surface area contributed by atoms with Crippen molar-refractivity contribution in [3.05, 3.63) is 141 Å². The Kier molecular flexibility index (Phi) is 13.0. The predicted molar refractivity (Wildman–Crippen MR) is 260 cm³/mol. The fourth-order valence-electron chi connectivity index (χ4n) is 11.3. The van der Waals surface area contributed by atoms with E-state index in [4.69, 9.17) is 28.4 Å². The van der Waals surface area contributed by atoms with Gasteiger partial charge in [-0.1, -0.05) is 96.1 Å². The Hall–Kier alpha value is -5.67. The lowest BCUT2D eigenvalue weighted by molar-refractivity contribution is -0.277. The van der Waals surface area contributed by atoms with E-state index in [9.17, 15) is 25.2 Å². The summed E-state index contributed by atoms with van der Waals surface area (Å²) in [6.45, 7) is 14.7. The molecule has 0 radical (unpaired) electrons. The number of fused-ring (bicyclic) bond motifs is 2. The summed E-state index contributed by atoms with van der Waals surface area (Å²) in [7, 11) is 0. The SMILES string of the molecule is CC(C)=CCCC1(C)C=Cc2c(c(CC=C(C)C)c3c(c2O[C@@H]2O[C@H](CO)[C@@H](O)[C@@H](O)[C@H]2O)C(=O)C2=CC4CC5C(C)(C)OC(C/C=C(/C)C(=O)OC(c6ccccc6)c6ccccc6)(C4=O)C25O3)O1. The number of rotatable bonds is 14. The molecule has 0 aromatic heterocycles. The molecule has 13 heteroatoms. The number of benzene rings is 3. The molecule has 70 heavy (non-hydrogen) atoms. The van der Waals surface area contributed by atoms with Crippen LogP contribution in [0.1, 0.15) is 120 Å². The van der Waals surface area contributed by atoms with Crippen molar-refractivity contribution < 1.29 is 63.2 Å². The van der Waals surface area contributed by atoms with E-state index < -0.39 is 89.4 Å². The van der Waals surface area contributed by atoms with Crippen molar-refractivity contribution in [1.29, 1.82) is 0 Å². The second-order valence-electron chi connectivity index (χ2n) is 20.9. The van der Waals surface area contributed by atoms with Gasteiger partial charge in [0, 0.05) is 35.0 Å². The molecule has 4 bridgehead atoms. The monoisotopic (exact) mass is 956 g/mol. The number of esters is 1. The fourth-order valence-corrected chi connectivity index (χ4v) is 11.3. The van der Waals surface area contributed by atoms with Gasteiger partial charge in [0.2, 0.25) is 6.29 Å². The number of hydrogen-bond donors (Lipinski definition) is 4. The topological polar surface area (TPSA) is 188 Å². The second kappa shape index (κ2) is 18.5. The minimum atomic E-state index is -1.81. The van der Waals surface area contributed by atoms with E-state index in [0.29, 0.717) is 36.1 Å². The third-order valence-corrected chi connectivity index (χ3v) is 15.0. The quantitative estimate of drug-likeness (QED) is 0.0693. The van der Waals surface area contributed by atoms with Crippen molar-refractivity contribution >= 4 is 23.6 Å². The molecule has 370 valence electrons. The van der Waals surface area contributed by atoms with Crippen molar-refractivity contribution in [2.45, 2.75) is 147 Å². The molecule has 3 aromatic rings. The maximum absolute atomic E-state index is 15.9. The van der Waals surface area contributed by atoms with Crippen LogP contribution in [0.4, 0.5) is 0 Å². The summed E-state index contributed by atoms with van der Waals surface area (Å²) >= 11 is 0. The maximum Gasteiger partial charge on any atom is 0.334 e. The number of hydrogen-bond acceptors (Lipinski definition) is 13. The van der Waals surface area contributed by atoms with Gasteiger partial charge in [-0.05, 0) is 104 Å². The predicted octanol–water partition coefficient (Wildman–Crippen LogP) is 7.96. The van der Waals surface area contributed by atoms with Gasteiger partial charge in [0.25, 0.3) is 0 Å². The van der Waals surface area contributed by atoms with Gasteiger partial charge in [-0.25, -0.2) is 4.79 Å². The van der Waals surface area contributed by atoms with E-state index >= 15 is 9.59 Å². The largest absolute Gasteiger partial charge is 0.482 e. The first-order valence-corrected chi connectivity index (χ1v) is 24.3. The Balaban J connectivity index is 1.19. The summed E-state index contributed by atoms with van der Waals surface area (Å²) in [4.78, 5) is 45.3. The summed E-state index contributed by atoms with van der Waals surface area (Å²) in [6.07, 6.45) is 3.98. The molecular formula is C57H64O13. The lowest BCUT2D eigenvalue weighted by Crippen LogP contribution is -2.72. The molecule has 13 nitrogen and oxygen atoms in total. The van der Waals surface area contributed by atoms with Crippen LogP contribution in [0.15, 0.2) is 113 Å². The van der Waals surface area contributed by atoms with Crippen molar-refractivity contribution in [3.8, 4) is 17.2 Å². The smallest absolute Gasteiger partial charge is 0.334 e. The minimum Gasteiger partial charge on any atom is -0.482 e. The zero-order valence-electron chi connectivity index (χ0n) is 41.1. The highest BCUT2D eigenvalue weighted by molar-refractivity contribution is 6.19. The normalized spacial score (nSPS) is 31.1. The Bertz CT molecular complexity index is 2680. The third-order valence-electron chi connectivity index (χ3n) is 15.0. The molecule has 2 saturated heterocycles. The highest BCUT2D eigenvalue weighted by Crippen LogP contribution is 2.69. The van der Waals surface area contributed by atoms with Crippen molar-refractivity contribution in [2.24, 2.45) is 11.8 Å². The summed E-state index contributed by atoms with van der Waals surface area (Å²) in [5.41, 5.74) is -0.355. The van der Waals surface area contributed by atoms with Crippen LogP contribution in [-0.2, 0) is 30.2 Å². The van der Waals surface area contributed by atoms with Crippen LogP contribution in [0.3, 0.4) is 0 Å². The first-order valence-electron chi connectivity index (χ1n) is 24.3. The van der Waals surface area contributed by atoms with Crippen molar-refractivity contribution in [2.75, 3.05) is 6.61 Å². The summed E-state index contributed by atoms with van der Waals surface area (Å²) in [5, 5.41) is 43.1. The van der Waals surface area contributed by atoms with Gasteiger partial charge in [-0.15, -0.1) is 0 Å². The van der Waals surface area contributed by atoms with Gasteiger partial charge in [-0.3, -0.25) is 9.59 Å². The summed E-state index contributed by atoms with van der Waals surface area (Å²) in [5.74, 6) is -2.27. The molecule has 3 fully saturated rings. The lowest BCUT2D eigenvalue weighted by Gasteiger charge is -2.56. The molecule has 10 rings (SSSR count). The number of allylic oxidation sites excluding steroid dienone is 5. The molecular weight excluding hydrogens is 893 g/mol. The molecule has 3 aromatic carbocycles. The summed E-state index contributed by atoms with van der Waals surface area (Å²) < 4.78 is 40.4. The van der Waals surface area contributed by atoms with Crippen LogP contribution in [0.25, 0.3) is 6.08 Å². The number of carbonyl (C=O) groups excluding carboxylic acids is 3. The van der Waals surface area contributed by atoms with Crippen molar-refractivity contribution in [1.82, 2.24) is 0 Å². The number of carbonyl (C=O) groups is 3. The average Bonchev–Trinajstić information content (AvgIpc) is 3.49. The van der Waals surface area contributed by atoms with Crippen LogP contribution in [0.2, 0.25) is 0 Å². The Morgan fingerprint density at radius 3 is 2.13 bits per heavy atom. The van der Waals surface area contributed by atoms with Crippen LogP contribution in [0.5, 0.6) is 17.2 Å². The first-order chi connectivity index (χ1) is 33.3. The number of ether oxygens (including phenoxy) is 6. The van der Waals surface area contributed by atoms with Gasteiger partial charge < -0.3 is 48.8 Å². The molecule has 10 atom stereocenters. The van der Waals surface area contributed by atoms with Crippen LogP contribution in [-0.4, -0.2) is 97.7 Å². The fraction of sp³-hybridized carbons (Fsp3) is 0.456. The Morgan fingerprint density at radius 2 is 1.50 bits per heavy atom. The van der Waals surface area contributed by atoms with E-state index in [1.807, 2.05) is 127 Å². The number of aliphatic hydroxyl groups excluding tert-OH is 4. The van der Waals surface area contributed by atoms with E-state index in [0.717, 1.165) is 22.3 Å². The number of ketones is 2. The van der Waals surface area contributed by atoms with Crippen molar-refractivity contribution in [3.63, 3.8) is 0 Å². The van der Waals surface area contributed by atoms with Crippen LogP contribution in [0, 0.1) is 11.8 Å². The lowest BCUT2D eigenvalue weighted by atomic mass is 9.51. The van der Waals surface area contributed by atoms with Crippen LogP contribution < -0.4 is 14.2 Å². The third kappa shape index (κ3) is 8.18. The molecule has 3 aliphatic carbocycles. The Morgan fingerprint density at radius 1 is 0.843 bits per heavy atom. The Labute approximate surface area is 409 Å². The average molecular weight is 957 g/mol. The number of Topliss-reactive ketones (excluding diaryl/α,β-unsaturated/α-hetero) is 2. The molecule has 1 spiro atoms. The van der Waals surface area contributed by atoms with Crippen LogP contribution >= 0.6 is 0 Å². The maximum atomic E-state index is 15.9. The van der Waals surface area contributed by atoms with E-state index in [1.54, 1.807) is 19.1 Å². The molecule has 7 aliphatic rings. The van der Waals surface area contributed by atoms with E-state index in [2.05, 4.69) is 6.08 Å². The molecule has 4 aliphatic heterocycles. The van der Waals surface area contributed by atoms with Gasteiger partial charge in [-0.2, -0.15) is 0 Å². The highest BCUT2D eigenvalue weighted by atomic mass is 16.7. The molecule has 4 N–H and O–H groups in total. The second-order valence-corrected chi connectivity index (χ2v) is 20.9. The molecule has 5 unspecified atom stereocenters. The van der Waals surface area contributed by atoms with Gasteiger partial charge >= 0.3 is 5.97 Å². The van der Waals surface area contributed by atoms with Gasteiger partial charge in [0.1, 0.15) is 52.8 Å². The summed E-state index contributed by atoms with van der Waals surface area (Å²) in [6, 6.07) is 18.9. The number of aliphatic hydroxyl groups is 4. The minimum absolute atomic E-state index is 0.0124. The zero-order valence-corrected chi connectivity index (χ0v) is 41.1. The van der Waals surface area contributed by atoms with Gasteiger partial charge in [0.05, 0.1) is 17.8 Å². The van der Waals surface area contributed by atoms with E-state index in [1.165, 1.54) is 0 Å². The standard InChI is InChI=1S/C57H64O13/c1-31(2)16-15-25-55(8)26-24-38-48(68-55)37(22-21-32(3)4)50-42(49(38)67-53-46(62)45(61)44(60)40(30-58)65-53)43(59)39-28-36-29-41-54(6,7)70-56(51(36)63,57(39,41)69-50)27-23-33(5)52(64)66-47(34-17-11-9-12-18-34)35-19-13-10-14-20-35/h9-14,16-21,23-24,26,28,36,40-41,44-47,53,58,60-62H,15,22,25,27,29-30H2,1-8H3/b33-23-/t36?,40-,41?,44-,45-,46-,53+,55?,56?,57?/m1/s1. The van der Waals surface area contributed by atoms with Gasteiger partial charge in [0.15, 0.2) is 28.9 Å². The molecule has 4 heterocycles. The molecule has 0 amide bonds. The molecule has 1 saturated carbocycles. The highest BCUT2D eigenvalue weighted by Gasteiger charge is 2.81. The first kappa shape index (κ1) is 49.3.